The van der Waals surface area contributed by atoms with Gasteiger partial charge in [0.25, 0.3) is 0 Å². The smallest absolute Gasteiger partial charge is 0.358 e. The van der Waals surface area contributed by atoms with E-state index in [0.717, 1.165) is 5.92 Å². The van der Waals surface area contributed by atoms with Gasteiger partial charge in [0, 0.05) is 0 Å². The van der Waals surface area contributed by atoms with Crippen LogP contribution in [0.25, 0.3) is 0 Å². The van der Waals surface area contributed by atoms with Crippen molar-refractivity contribution in [3.63, 3.8) is 0 Å². The zero-order chi connectivity index (χ0) is 8.65. The molecular formula is C14H24Zr. The molecule has 1 aromatic rings. The van der Waals surface area contributed by atoms with Crippen LogP contribution in [0.5, 0.6) is 0 Å². The molecule has 0 amide bonds. The van der Waals surface area contributed by atoms with Crippen LogP contribution in [0.3, 0.4) is 0 Å². The first-order valence-electron chi connectivity index (χ1n) is 4.89. The Morgan fingerprint density at radius 3 is 1.60 bits per heavy atom. The minimum Gasteiger partial charge on any atom is -0.358 e. The molecular weight excluding hydrogens is 259 g/mol. The largest absolute Gasteiger partial charge is 4.00 e. The molecule has 0 saturated heterocycles. The quantitative estimate of drug-likeness (QED) is 0.605. The van der Waals surface area contributed by atoms with Crippen LogP contribution in [0.4, 0.5) is 0 Å². The van der Waals surface area contributed by atoms with Crippen molar-refractivity contribution in [1.82, 2.24) is 0 Å². The fourth-order valence-corrected chi connectivity index (χ4v) is 1.51. The second-order valence-electron chi connectivity index (χ2n) is 3.47. The van der Waals surface area contributed by atoms with E-state index >= 15 is 0 Å². The van der Waals surface area contributed by atoms with Crippen molar-refractivity contribution < 1.29 is 26.2 Å². The molecule has 1 heteroatoms. The van der Waals surface area contributed by atoms with Crippen LogP contribution in [0.2, 0.25) is 0 Å². The van der Waals surface area contributed by atoms with Crippen molar-refractivity contribution in [3.05, 3.63) is 52.1 Å². The third-order valence-corrected chi connectivity index (χ3v) is 2.28. The molecule has 0 bridgehead atoms. The molecule has 84 valence electrons. The van der Waals surface area contributed by atoms with E-state index in [1.54, 1.807) is 0 Å². The van der Waals surface area contributed by atoms with Gasteiger partial charge >= 0.3 is 26.2 Å². The predicted molar refractivity (Wildman–Crippen MR) is 66.8 cm³/mol. The summed E-state index contributed by atoms with van der Waals surface area (Å²) in [6.07, 6.45) is 7.05. The van der Waals surface area contributed by atoms with Gasteiger partial charge in [-0.05, 0) is 0 Å². The summed E-state index contributed by atoms with van der Waals surface area (Å²) in [5, 5.41) is 0. The molecule has 2 rings (SSSR count). The maximum atomic E-state index is 4.00. The van der Waals surface area contributed by atoms with Gasteiger partial charge in [-0.2, -0.15) is 24.1 Å². The van der Waals surface area contributed by atoms with Gasteiger partial charge in [0.15, 0.2) is 0 Å². The van der Waals surface area contributed by atoms with Gasteiger partial charge in [0.1, 0.15) is 0 Å². The minimum atomic E-state index is 0. The van der Waals surface area contributed by atoms with Crippen LogP contribution in [0.15, 0.2) is 30.3 Å². The molecule has 0 N–H and O–H groups in total. The second kappa shape index (κ2) is 14.2. The number of hydrogen-bond acceptors (Lipinski definition) is 0. The van der Waals surface area contributed by atoms with Gasteiger partial charge in [-0.3, -0.25) is 0 Å². The average molecular weight is 284 g/mol. The summed E-state index contributed by atoms with van der Waals surface area (Å²) in [5.74, 6) is 0.786. The Morgan fingerprint density at radius 2 is 1.40 bits per heavy atom. The molecule has 1 aliphatic rings. The van der Waals surface area contributed by atoms with Crippen LogP contribution >= 0.6 is 0 Å². The molecule has 0 spiro atoms. The van der Waals surface area contributed by atoms with E-state index in [9.17, 15) is 0 Å². The monoisotopic (exact) mass is 282 g/mol. The van der Waals surface area contributed by atoms with Gasteiger partial charge in [-0.15, -0.1) is 0 Å². The van der Waals surface area contributed by atoms with E-state index < -0.39 is 0 Å². The third-order valence-electron chi connectivity index (χ3n) is 2.28. The van der Waals surface area contributed by atoms with Crippen molar-refractivity contribution in [2.45, 2.75) is 32.1 Å². The molecule has 1 saturated carbocycles. The summed E-state index contributed by atoms with van der Waals surface area (Å²) in [6, 6.07) is 10.0. The van der Waals surface area contributed by atoms with Crippen LogP contribution in [-0.4, -0.2) is 0 Å². The normalized spacial score (nSPS) is 14.5. The topological polar surface area (TPSA) is 0 Å². The Bertz CT molecular complexity index is 144. The molecule has 0 unspecified atom stereocenters. The van der Waals surface area contributed by atoms with E-state index in [0.29, 0.717) is 0 Å². The minimum absolute atomic E-state index is 0. The Labute approximate surface area is 116 Å². The van der Waals surface area contributed by atoms with Crippen molar-refractivity contribution in [2.75, 3.05) is 0 Å². The molecule has 1 aliphatic carbocycles. The predicted octanol–water partition coefficient (Wildman–Crippen LogP) is 4.70. The van der Waals surface area contributed by atoms with Crippen LogP contribution in [0.1, 0.15) is 32.1 Å². The standard InChI is InChI=1S/C7H13.C5H5.2CH3.Zr/c1-7-5-3-2-4-6-7;1-2-4-5-3-1;;;/h7H,1-6H2;1-5H;2*1H3;/q4*-1;+4. The molecule has 0 atom stereocenters. The summed E-state index contributed by atoms with van der Waals surface area (Å²) >= 11 is 0. The van der Waals surface area contributed by atoms with Crippen molar-refractivity contribution in [2.24, 2.45) is 5.92 Å². The van der Waals surface area contributed by atoms with Crippen LogP contribution in [0, 0.1) is 27.7 Å². The second-order valence-corrected chi connectivity index (χ2v) is 3.47. The van der Waals surface area contributed by atoms with E-state index in [1.165, 1.54) is 32.1 Å². The van der Waals surface area contributed by atoms with Crippen molar-refractivity contribution in [3.8, 4) is 0 Å². The summed E-state index contributed by atoms with van der Waals surface area (Å²) < 4.78 is 0. The zero-order valence-corrected chi connectivity index (χ0v) is 12.7. The molecule has 0 aliphatic heterocycles. The van der Waals surface area contributed by atoms with Gasteiger partial charge in [0.05, 0.1) is 0 Å². The fourth-order valence-electron chi connectivity index (χ4n) is 1.51. The van der Waals surface area contributed by atoms with E-state index in [2.05, 4.69) is 6.92 Å². The van der Waals surface area contributed by atoms with Gasteiger partial charge in [0.2, 0.25) is 0 Å². The zero-order valence-electron chi connectivity index (χ0n) is 10.2. The number of rotatable bonds is 0. The number of hydrogen-bond donors (Lipinski definition) is 0. The van der Waals surface area contributed by atoms with Crippen molar-refractivity contribution >= 4 is 0 Å². The maximum absolute atomic E-state index is 4.00. The van der Waals surface area contributed by atoms with Gasteiger partial charge < -0.3 is 21.8 Å². The summed E-state index contributed by atoms with van der Waals surface area (Å²) in [5.41, 5.74) is 0. The van der Waals surface area contributed by atoms with E-state index in [1.807, 2.05) is 30.3 Å². The molecule has 15 heavy (non-hydrogen) atoms. The molecule has 1 aromatic carbocycles. The Balaban J connectivity index is -0.000000165. The summed E-state index contributed by atoms with van der Waals surface area (Å²) in [4.78, 5) is 0. The van der Waals surface area contributed by atoms with Crippen molar-refractivity contribution in [1.29, 1.82) is 0 Å². The Morgan fingerprint density at radius 1 is 0.933 bits per heavy atom. The first kappa shape index (κ1) is 20.6. The first-order chi connectivity index (χ1) is 5.89. The molecule has 1 fully saturated rings. The fraction of sp³-hybridized carbons (Fsp3) is 0.429. The van der Waals surface area contributed by atoms with E-state index in [4.69, 9.17) is 0 Å². The summed E-state index contributed by atoms with van der Waals surface area (Å²) in [7, 11) is 0. The molecule has 0 radical (unpaired) electrons. The maximum Gasteiger partial charge on any atom is 4.00 e. The molecule has 0 heterocycles. The third kappa shape index (κ3) is 12.2. The Kier molecular flexibility index (Phi) is 19.6. The SMILES string of the molecule is [CH2-]C1CCCCC1.[CH3-].[CH3-].[Zr+4].c1cc[cH-]c1. The van der Waals surface area contributed by atoms with Crippen LogP contribution < -0.4 is 0 Å². The molecule has 0 aromatic heterocycles. The van der Waals surface area contributed by atoms with E-state index in [-0.39, 0.29) is 41.1 Å². The average Bonchev–Trinajstić information content (AvgIpc) is 2.62. The Hall–Kier alpha value is 0.233. The van der Waals surface area contributed by atoms with Crippen LogP contribution in [-0.2, 0) is 26.2 Å². The molecule has 0 nitrogen and oxygen atoms in total. The summed E-state index contributed by atoms with van der Waals surface area (Å²) in [6.45, 7) is 4.00. The van der Waals surface area contributed by atoms with Gasteiger partial charge in [-0.25, -0.2) is 12.1 Å². The first-order valence-corrected chi connectivity index (χ1v) is 4.89. The van der Waals surface area contributed by atoms with Gasteiger partial charge in [-0.1, -0.05) is 32.1 Å².